The van der Waals surface area contributed by atoms with Crippen molar-refractivity contribution in [3.8, 4) is 0 Å². The Labute approximate surface area is 148 Å². The molecule has 5 nitrogen and oxygen atoms in total. The Morgan fingerprint density at radius 1 is 1.21 bits per heavy atom. The average molecular weight is 353 g/mol. The number of benzene rings is 1. The Morgan fingerprint density at radius 3 is 2.38 bits per heavy atom. The number of nitrogens with zero attached hydrogens (tertiary/aromatic N) is 2. The molecular formula is C18H25ClN2O3. The van der Waals surface area contributed by atoms with Crippen molar-refractivity contribution in [2.45, 2.75) is 20.4 Å². The SMILES string of the molecule is CN(C)CCN(Cc1cccc(Cl)c1)C(=O)[C@@H]1[C@H](C(=O)O)C1(C)C. The molecule has 0 aliphatic heterocycles. The number of hydrogen-bond acceptors (Lipinski definition) is 3. The van der Waals surface area contributed by atoms with E-state index in [9.17, 15) is 14.7 Å². The molecule has 1 aromatic rings. The van der Waals surface area contributed by atoms with Gasteiger partial charge in [0, 0.05) is 24.7 Å². The van der Waals surface area contributed by atoms with Crippen molar-refractivity contribution >= 4 is 23.5 Å². The predicted octanol–water partition coefficient (Wildman–Crippen LogP) is 2.59. The molecule has 1 aliphatic carbocycles. The molecule has 1 amide bonds. The molecule has 6 heteroatoms. The van der Waals surface area contributed by atoms with Crippen molar-refractivity contribution < 1.29 is 14.7 Å². The third-order valence-corrected chi connectivity index (χ3v) is 4.99. The van der Waals surface area contributed by atoms with Crippen LogP contribution in [0.4, 0.5) is 0 Å². The van der Waals surface area contributed by atoms with Crippen LogP contribution < -0.4 is 0 Å². The van der Waals surface area contributed by atoms with E-state index in [1.165, 1.54) is 0 Å². The van der Waals surface area contributed by atoms with Gasteiger partial charge in [-0.05, 0) is 37.2 Å². The Bertz CT molecular complexity index is 630. The summed E-state index contributed by atoms with van der Waals surface area (Å²) in [6, 6.07) is 7.41. The van der Waals surface area contributed by atoms with Crippen LogP contribution >= 0.6 is 11.6 Å². The molecule has 1 aliphatic rings. The summed E-state index contributed by atoms with van der Waals surface area (Å²) < 4.78 is 0. The largest absolute Gasteiger partial charge is 0.481 e. The molecule has 0 unspecified atom stereocenters. The van der Waals surface area contributed by atoms with Crippen LogP contribution in [-0.4, -0.2) is 54.0 Å². The number of halogens is 1. The molecule has 0 heterocycles. The van der Waals surface area contributed by atoms with Gasteiger partial charge in [0.1, 0.15) is 0 Å². The summed E-state index contributed by atoms with van der Waals surface area (Å²) in [5.74, 6) is -2.05. The van der Waals surface area contributed by atoms with E-state index in [1.54, 1.807) is 11.0 Å². The maximum atomic E-state index is 12.9. The molecule has 24 heavy (non-hydrogen) atoms. The fraction of sp³-hybridized carbons (Fsp3) is 0.556. The lowest BCUT2D eigenvalue weighted by molar-refractivity contribution is -0.142. The molecule has 0 bridgehead atoms. The van der Waals surface area contributed by atoms with E-state index < -0.39 is 23.2 Å². The number of rotatable bonds is 7. The second-order valence-corrected chi connectivity index (χ2v) is 7.74. The molecular weight excluding hydrogens is 328 g/mol. The number of carboxylic acids is 1. The number of hydrogen-bond donors (Lipinski definition) is 1. The molecule has 0 radical (unpaired) electrons. The number of carbonyl (C=O) groups is 2. The zero-order valence-corrected chi connectivity index (χ0v) is 15.4. The summed E-state index contributed by atoms with van der Waals surface area (Å²) in [6.07, 6.45) is 0. The third kappa shape index (κ3) is 4.08. The first-order chi connectivity index (χ1) is 11.1. The highest BCUT2D eigenvalue weighted by atomic mass is 35.5. The normalized spacial score (nSPS) is 21.6. The minimum atomic E-state index is -0.895. The van der Waals surface area contributed by atoms with Gasteiger partial charge < -0.3 is 14.9 Å². The first-order valence-corrected chi connectivity index (χ1v) is 8.43. The molecule has 1 N–H and O–H groups in total. The Hall–Kier alpha value is -1.59. The number of aliphatic carboxylic acids is 1. The lowest BCUT2D eigenvalue weighted by Gasteiger charge is -2.25. The zero-order chi connectivity index (χ0) is 18.1. The van der Waals surface area contributed by atoms with Crippen LogP contribution in [0.5, 0.6) is 0 Å². The lowest BCUT2D eigenvalue weighted by atomic mass is 10.1. The van der Waals surface area contributed by atoms with E-state index in [4.69, 9.17) is 11.6 Å². The highest BCUT2D eigenvalue weighted by Crippen LogP contribution is 2.59. The van der Waals surface area contributed by atoms with E-state index >= 15 is 0 Å². The number of amides is 1. The minimum Gasteiger partial charge on any atom is -0.481 e. The van der Waals surface area contributed by atoms with Gasteiger partial charge in [0.05, 0.1) is 11.8 Å². The van der Waals surface area contributed by atoms with Crippen molar-refractivity contribution in [1.82, 2.24) is 9.80 Å². The summed E-state index contributed by atoms with van der Waals surface area (Å²) in [5.41, 5.74) is 0.452. The fourth-order valence-corrected chi connectivity index (χ4v) is 3.41. The Kier molecular flexibility index (Phi) is 5.56. The van der Waals surface area contributed by atoms with Crippen LogP contribution in [0, 0.1) is 17.3 Å². The second-order valence-electron chi connectivity index (χ2n) is 7.31. The van der Waals surface area contributed by atoms with Crippen molar-refractivity contribution in [3.63, 3.8) is 0 Å². The van der Waals surface area contributed by atoms with Gasteiger partial charge in [-0.15, -0.1) is 0 Å². The molecule has 1 aromatic carbocycles. The van der Waals surface area contributed by atoms with Crippen LogP contribution in [0.2, 0.25) is 5.02 Å². The van der Waals surface area contributed by atoms with Gasteiger partial charge in [0.25, 0.3) is 0 Å². The average Bonchev–Trinajstić information content (AvgIpc) is 3.05. The first-order valence-electron chi connectivity index (χ1n) is 8.05. The van der Waals surface area contributed by atoms with Gasteiger partial charge in [-0.1, -0.05) is 37.6 Å². The maximum Gasteiger partial charge on any atom is 0.307 e. The second kappa shape index (κ2) is 7.11. The summed E-state index contributed by atoms with van der Waals surface area (Å²) >= 11 is 6.03. The highest BCUT2D eigenvalue weighted by Gasteiger charge is 2.66. The quantitative estimate of drug-likeness (QED) is 0.819. The first kappa shape index (κ1) is 18.7. The zero-order valence-electron chi connectivity index (χ0n) is 14.6. The van der Waals surface area contributed by atoms with Crippen LogP contribution in [-0.2, 0) is 16.1 Å². The van der Waals surface area contributed by atoms with Crippen molar-refractivity contribution in [1.29, 1.82) is 0 Å². The standard InChI is InChI=1S/C18H25ClN2O3/c1-18(2)14(15(18)17(23)24)16(22)21(9-8-20(3)4)11-12-6-5-7-13(19)10-12/h5-7,10,14-15H,8-9,11H2,1-4H3,(H,23,24)/t14-,15+/m0/s1. The van der Waals surface area contributed by atoms with Gasteiger partial charge in [0.15, 0.2) is 0 Å². The smallest absolute Gasteiger partial charge is 0.307 e. The van der Waals surface area contributed by atoms with E-state index in [1.807, 2.05) is 51.0 Å². The van der Waals surface area contributed by atoms with Crippen molar-refractivity contribution in [3.05, 3.63) is 34.9 Å². The highest BCUT2D eigenvalue weighted by molar-refractivity contribution is 6.30. The van der Waals surface area contributed by atoms with Crippen LogP contribution in [0.15, 0.2) is 24.3 Å². The van der Waals surface area contributed by atoms with Gasteiger partial charge >= 0.3 is 5.97 Å². The molecule has 132 valence electrons. The van der Waals surface area contributed by atoms with Crippen LogP contribution in [0.3, 0.4) is 0 Å². The van der Waals surface area contributed by atoms with E-state index in [2.05, 4.69) is 0 Å². The predicted molar refractivity (Wildman–Crippen MR) is 93.8 cm³/mol. The van der Waals surface area contributed by atoms with Crippen molar-refractivity contribution in [2.75, 3.05) is 27.2 Å². The van der Waals surface area contributed by atoms with Gasteiger partial charge in [-0.2, -0.15) is 0 Å². The van der Waals surface area contributed by atoms with Crippen molar-refractivity contribution in [2.24, 2.45) is 17.3 Å². The number of carbonyl (C=O) groups excluding carboxylic acids is 1. The Balaban J connectivity index is 2.16. The Morgan fingerprint density at radius 2 is 1.88 bits per heavy atom. The summed E-state index contributed by atoms with van der Waals surface area (Å²) in [4.78, 5) is 28.1. The summed E-state index contributed by atoms with van der Waals surface area (Å²) in [5, 5.41) is 9.97. The van der Waals surface area contributed by atoms with Crippen LogP contribution in [0.25, 0.3) is 0 Å². The van der Waals surface area contributed by atoms with E-state index in [-0.39, 0.29) is 5.91 Å². The summed E-state index contributed by atoms with van der Waals surface area (Å²) in [7, 11) is 3.90. The van der Waals surface area contributed by atoms with Crippen LogP contribution in [0.1, 0.15) is 19.4 Å². The summed E-state index contributed by atoms with van der Waals surface area (Å²) in [6.45, 7) is 5.40. The number of likely N-dealkylation sites (N-methyl/N-ethyl adjacent to an activating group) is 1. The molecule has 2 rings (SSSR count). The molecule has 1 saturated carbocycles. The molecule has 2 atom stereocenters. The molecule has 0 saturated heterocycles. The minimum absolute atomic E-state index is 0.0887. The molecule has 0 spiro atoms. The fourth-order valence-electron chi connectivity index (χ4n) is 3.20. The van der Waals surface area contributed by atoms with Gasteiger partial charge in [-0.25, -0.2) is 0 Å². The third-order valence-electron chi connectivity index (χ3n) is 4.75. The topological polar surface area (TPSA) is 60.9 Å². The maximum absolute atomic E-state index is 12.9. The van der Waals surface area contributed by atoms with Gasteiger partial charge in [-0.3, -0.25) is 9.59 Å². The molecule has 1 fully saturated rings. The van der Waals surface area contributed by atoms with E-state index in [0.717, 1.165) is 12.1 Å². The number of carboxylic acid groups (broad SMARTS) is 1. The molecule has 0 aromatic heterocycles. The lowest BCUT2D eigenvalue weighted by Crippen LogP contribution is -2.38. The monoisotopic (exact) mass is 352 g/mol. The van der Waals surface area contributed by atoms with Gasteiger partial charge in [0.2, 0.25) is 5.91 Å². The van der Waals surface area contributed by atoms with E-state index in [0.29, 0.717) is 18.1 Å².